The molecule has 0 aliphatic rings. The molecule has 3 aromatic rings. The maximum atomic E-state index is 13.7. The van der Waals surface area contributed by atoms with Crippen LogP contribution in [0.2, 0.25) is 0 Å². The fraction of sp³-hybridized carbons (Fsp3) is 0.0476. The zero-order chi connectivity index (χ0) is 19.9. The van der Waals surface area contributed by atoms with E-state index in [0.29, 0.717) is 5.69 Å². The summed E-state index contributed by atoms with van der Waals surface area (Å²) in [7, 11) is 0. The number of halogens is 2. The van der Waals surface area contributed by atoms with Crippen molar-refractivity contribution in [1.29, 1.82) is 0 Å². The molecule has 3 aromatic carbocycles. The molecule has 0 aliphatic heterocycles. The van der Waals surface area contributed by atoms with Gasteiger partial charge in [0.2, 0.25) is 5.91 Å². The van der Waals surface area contributed by atoms with E-state index in [1.807, 2.05) is 24.3 Å². The molecule has 0 radical (unpaired) electrons. The van der Waals surface area contributed by atoms with E-state index in [1.54, 1.807) is 30.3 Å². The molecule has 28 heavy (non-hydrogen) atoms. The van der Waals surface area contributed by atoms with E-state index in [-0.39, 0.29) is 17.2 Å². The molecule has 0 bridgehead atoms. The van der Waals surface area contributed by atoms with Gasteiger partial charge in [-0.3, -0.25) is 9.59 Å². The van der Waals surface area contributed by atoms with Gasteiger partial charge in [-0.25, -0.2) is 4.39 Å². The Hall–Kier alpha value is -2.64. The quantitative estimate of drug-likeness (QED) is 0.474. The Balaban J connectivity index is 1.53. The van der Waals surface area contributed by atoms with Crippen molar-refractivity contribution in [2.45, 2.75) is 4.90 Å². The largest absolute Gasteiger partial charge is 0.324 e. The van der Waals surface area contributed by atoms with Crippen molar-refractivity contribution in [3.63, 3.8) is 0 Å². The Morgan fingerprint density at radius 3 is 2.29 bits per heavy atom. The van der Waals surface area contributed by atoms with Crippen molar-refractivity contribution < 1.29 is 14.0 Å². The fourth-order valence-corrected chi connectivity index (χ4v) is 3.46. The molecule has 0 aliphatic carbocycles. The number of carbonyl (C=O) groups is 2. The van der Waals surface area contributed by atoms with E-state index < -0.39 is 11.7 Å². The van der Waals surface area contributed by atoms with E-state index in [1.165, 1.54) is 30.0 Å². The summed E-state index contributed by atoms with van der Waals surface area (Å²) in [5.41, 5.74) is 1.26. The Morgan fingerprint density at radius 2 is 1.57 bits per heavy atom. The van der Waals surface area contributed by atoms with Gasteiger partial charge in [-0.05, 0) is 64.5 Å². The summed E-state index contributed by atoms with van der Waals surface area (Å²) in [4.78, 5) is 25.1. The average Bonchev–Trinajstić information content (AvgIpc) is 2.69. The Morgan fingerprint density at radius 1 is 0.893 bits per heavy atom. The predicted octanol–water partition coefficient (Wildman–Crippen LogP) is 5.57. The van der Waals surface area contributed by atoms with Crippen LogP contribution in [0, 0.1) is 5.82 Å². The number of carbonyl (C=O) groups excluding carboxylic acids is 2. The second-order valence-electron chi connectivity index (χ2n) is 5.78. The SMILES string of the molecule is O=C(CSc1ccc(NC(=O)c2ccccc2F)cc1)Nc1ccccc1Br. The molecule has 0 aromatic heterocycles. The molecule has 142 valence electrons. The first-order chi connectivity index (χ1) is 13.5. The summed E-state index contributed by atoms with van der Waals surface area (Å²) in [6, 6.07) is 20.2. The van der Waals surface area contributed by atoms with Gasteiger partial charge in [0.15, 0.2) is 0 Å². The Labute approximate surface area is 174 Å². The second kappa shape index (κ2) is 9.52. The molecule has 0 spiro atoms. The van der Waals surface area contributed by atoms with Gasteiger partial charge in [-0.1, -0.05) is 24.3 Å². The molecule has 4 nitrogen and oxygen atoms in total. The van der Waals surface area contributed by atoms with Crippen molar-refractivity contribution in [2.75, 3.05) is 16.4 Å². The number of thioether (sulfide) groups is 1. The van der Waals surface area contributed by atoms with Crippen molar-refractivity contribution in [3.8, 4) is 0 Å². The van der Waals surface area contributed by atoms with E-state index >= 15 is 0 Å². The maximum absolute atomic E-state index is 13.7. The predicted molar refractivity (Wildman–Crippen MR) is 114 cm³/mol. The molecule has 7 heteroatoms. The lowest BCUT2D eigenvalue weighted by molar-refractivity contribution is -0.113. The van der Waals surface area contributed by atoms with Gasteiger partial charge in [0, 0.05) is 15.1 Å². The van der Waals surface area contributed by atoms with Gasteiger partial charge < -0.3 is 10.6 Å². The van der Waals surface area contributed by atoms with E-state index in [4.69, 9.17) is 0 Å². The maximum Gasteiger partial charge on any atom is 0.258 e. The van der Waals surface area contributed by atoms with Crippen LogP contribution in [0.1, 0.15) is 10.4 Å². The van der Waals surface area contributed by atoms with Crippen LogP contribution in [0.4, 0.5) is 15.8 Å². The van der Waals surface area contributed by atoms with Gasteiger partial charge in [0.1, 0.15) is 5.82 Å². The fourth-order valence-electron chi connectivity index (χ4n) is 2.38. The van der Waals surface area contributed by atoms with Crippen LogP contribution in [-0.4, -0.2) is 17.6 Å². The van der Waals surface area contributed by atoms with E-state index in [0.717, 1.165) is 15.1 Å². The highest BCUT2D eigenvalue weighted by Crippen LogP contribution is 2.24. The topological polar surface area (TPSA) is 58.2 Å². The van der Waals surface area contributed by atoms with Crippen LogP contribution in [0.5, 0.6) is 0 Å². The zero-order valence-electron chi connectivity index (χ0n) is 14.6. The van der Waals surface area contributed by atoms with Gasteiger partial charge in [0.05, 0.1) is 17.0 Å². The second-order valence-corrected chi connectivity index (χ2v) is 7.68. The van der Waals surface area contributed by atoms with Gasteiger partial charge >= 0.3 is 0 Å². The number of hydrogen-bond acceptors (Lipinski definition) is 3. The smallest absolute Gasteiger partial charge is 0.258 e. The van der Waals surface area contributed by atoms with Gasteiger partial charge in [-0.15, -0.1) is 11.8 Å². The van der Waals surface area contributed by atoms with Crippen LogP contribution in [0.25, 0.3) is 0 Å². The molecular formula is C21H16BrFN2O2S. The number of nitrogens with one attached hydrogen (secondary N) is 2. The third-order valence-electron chi connectivity index (χ3n) is 3.75. The lowest BCUT2D eigenvalue weighted by Gasteiger charge is -2.08. The van der Waals surface area contributed by atoms with E-state index in [2.05, 4.69) is 26.6 Å². The summed E-state index contributed by atoms with van der Waals surface area (Å²) >= 11 is 4.77. The molecule has 0 fully saturated rings. The first-order valence-electron chi connectivity index (χ1n) is 8.36. The normalized spacial score (nSPS) is 10.4. The minimum absolute atomic E-state index is 0.00954. The Bertz CT molecular complexity index is 996. The van der Waals surface area contributed by atoms with Gasteiger partial charge in [0.25, 0.3) is 5.91 Å². The molecule has 0 atom stereocenters. The standard InChI is InChI=1S/C21H16BrFN2O2S/c22-17-6-2-4-8-19(17)25-20(26)13-28-15-11-9-14(10-12-15)24-21(27)16-5-1-3-7-18(16)23/h1-12H,13H2,(H,24,27)(H,25,26). The molecule has 0 heterocycles. The molecule has 3 rings (SSSR count). The van der Waals surface area contributed by atoms with Crippen LogP contribution < -0.4 is 10.6 Å². The summed E-state index contributed by atoms with van der Waals surface area (Å²) in [5.74, 6) is -0.939. The van der Waals surface area contributed by atoms with E-state index in [9.17, 15) is 14.0 Å². The highest BCUT2D eigenvalue weighted by atomic mass is 79.9. The third-order valence-corrected chi connectivity index (χ3v) is 5.45. The van der Waals surface area contributed by atoms with Crippen molar-refractivity contribution in [2.24, 2.45) is 0 Å². The van der Waals surface area contributed by atoms with Gasteiger partial charge in [-0.2, -0.15) is 0 Å². The summed E-state index contributed by atoms with van der Waals surface area (Å²) in [5, 5.41) is 5.50. The highest BCUT2D eigenvalue weighted by Gasteiger charge is 2.11. The van der Waals surface area contributed by atoms with Crippen LogP contribution in [0.15, 0.2) is 82.2 Å². The summed E-state index contributed by atoms with van der Waals surface area (Å²) in [6.07, 6.45) is 0. The number of hydrogen-bond donors (Lipinski definition) is 2. The number of amides is 2. The first-order valence-corrected chi connectivity index (χ1v) is 10.1. The van der Waals surface area contributed by atoms with Crippen LogP contribution in [0.3, 0.4) is 0 Å². The number of rotatable bonds is 6. The molecule has 0 saturated carbocycles. The monoisotopic (exact) mass is 458 g/mol. The van der Waals surface area contributed by atoms with Crippen molar-refractivity contribution >= 4 is 50.9 Å². The third kappa shape index (κ3) is 5.43. The lowest BCUT2D eigenvalue weighted by Crippen LogP contribution is -2.14. The molecule has 2 amide bonds. The molecular weight excluding hydrogens is 443 g/mol. The highest BCUT2D eigenvalue weighted by molar-refractivity contribution is 9.10. The summed E-state index contributed by atoms with van der Waals surface area (Å²) < 4.78 is 14.5. The molecule has 2 N–H and O–H groups in total. The van der Waals surface area contributed by atoms with Crippen LogP contribution in [-0.2, 0) is 4.79 Å². The van der Waals surface area contributed by atoms with Crippen molar-refractivity contribution in [3.05, 3.63) is 88.6 Å². The summed E-state index contributed by atoms with van der Waals surface area (Å²) in [6.45, 7) is 0. The Kier molecular flexibility index (Phi) is 6.84. The first kappa shape index (κ1) is 20.1. The number of benzene rings is 3. The zero-order valence-corrected chi connectivity index (χ0v) is 17.0. The van der Waals surface area contributed by atoms with Crippen LogP contribution >= 0.6 is 27.7 Å². The number of anilines is 2. The average molecular weight is 459 g/mol. The minimum Gasteiger partial charge on any atom is -0.324 e. The number of para-hydroxylation sites is 1. The molecule has 0 saturated heterocycles. The van der Waals surface area contributed by atoms with Crippen molar-refractivity contribution in [1.82, 2.24) is 0 Å². The molecule has 0 unspecified atom stereocenters. The minimum atomic E-state index is -0.566. The lowest BCUT2D eigenvalue weighted by atomic mass is 10.2.